The van der Waals surface area contributed by atoms with Gasteiger partial charge in [-0.15, -0.1) is 0 Å². The molecule has 0 bridgehead atoms. The highest BCUT2D eigenvalue weighted by Gasteiger charge is 2.27. The molecule has 0 radical (unpaired) electrons. The molecular weight excluding hydrogens is 532 g/mol. The summed E-state index contributed by atoms with van der Waals surface area (Å²) in [6.45, 7) is 8.02. The standard InChI is InChI=1S/C26H33ClN4O4S2/c1-4-30(5-2)15-16-31(26-28-24-22(27)9-6-10-23(24)36-26)25(32)19-11-13-21(14-12-19)37(33,34)29(3)18-20-8-7-17-35-20/h6,9-14,20H,4-5,7-8,15-18H2,1-3H3/t20-/m0/s1. The molecule has 1 aliphatic heterocycles. The fraction of sp³-hybridized carbons (Fsp3) is 0.462. The van der Waals surface area contributed by atoms with Crippen molar-refractivity contribution in [2.45, 2.75) is 37.7 Å². The molecule has 11 heteroatoms. The Morgan fingerprint density at radius 3 is 2.49 bits per heavy atom. The van der Waals surface area contributed by atoms with Gasteiger partial charge in [0.2, 0.25) is 10.0 Å². The second-order valence-corrected chi connectivity index (χ2v) is 12.5. The number of sulfonamides is 1. The van der Waals surface area contributed by atoms with Gasteiger partial charge in [-0.3, -0.25) is 9.69 Å². The third-order valence-electron chi connectivity index (χ3n) is 6.66. The number of likely N-dealkylation sites (N-methyl/N-ethyl adjacent to an activating group) is 2. The van der Waals surface area contributed by atoms with E-state index in [-0.39, 0.29) is 16.9 Å². The number of aromatic nitrogens is 1. The van der Waals surface area contributed by atoms with Crippen molar-refractivity contribution >= 4 is 54.2 Å². The first-order valence-corrected chi connectivity index (χ1v) is 15.1. The number of halogens is 1. The molecule has 1 fully saturated rings. The Balaban J connectivity index is 1.58. The molecule has 200 valence electrons. The lowest BCUT2D eigenvalue weighted by Gasteiger charge is -2.25. The lowest BCUT2D eigenvalue weighted by molar-refractivity contribution is 0.0978. The summed E-state index contributed by atoms with van der Waals surface area (Å²) in [4.78, 5) is 22.4. The van der Waals surface area contributed by atoms with Gasteiger partial charge in [-0.1, -0.05) is 42.9 Å². The summed E-state index contributed by atoms with van der Waals surface area (Å²) in [6, 6.07) is 11.7. The third-order valence-corrected chi connectivity index (χ3v) is 9.85. The van der Waals surface area contributed by atoms with E-state index in [0.717, 1.165) is 30.6 Å². The van der Waals surface area contributed by atoms with Crippen LogP contribution in [0.5, 0.6) is 0 Å². The van der Waals surface area contributed by atoms with Gasteiger partial charge in [-0.2, -0.15) is 4.31 Å². The highest BCUT2D eigenvalue weighted by atomic mass is 35.5. The second kappa shape index (κ2) is 12.2. The number of hydrogen-bond acceptors (Lipinski definition) is 7. The normalized spacial score (nSPS) is 16.2. The maximum Gasteiger partial charge on any atom is 0.260 e. The minimum atomic E-state index is -3.69. The van der Waals surface area contributed by atoms with Crippen molar-refractivity contribution in [1.82, 2.24) is 14.2 Å². The third kappa shape index (κ3) is 6.32. The number of benzene rings is 2. The number of carbonyl (C=O) groups is 1. The van der Waals surface area contributed by atoms with E-state index in [2.05, 4.69) is 23.7 Å². The van der Waals surface area contributed by atoms with Crippen LogP contribution >= 0.6 is 22.9 Å². The summed E-state index contributed by atoms with van der Waals surface area (Å²) in [5.74, 6) is -0.237. The Bertz CT molecular complexity index is 1320. The minimum Gasteiger partial charge on any atom is -0.377 e. The Kier molecular flexibility index (Phi) is 9.20. The average molecular weight is 565 g/mol. The zero-order chi connectivity index (χ0) is 26.6. The monoisotopic (exact) mass is 564 g/mol. The maximum atomic E-state index is 13.7. The Labute approximate surface area is 227 Å². The van der Waals surface area contributed by atoms with Crippen molar-refractivity contribution in [2.24, 2.45) is 0 Å². The van der Waals surface area contributed by atoms with E-state index in [9.17, 15) is 13.2 Å². The number of thiazole rings is 1. The number of carbonyl (C=O) groups excluding carboxylic acids is 1. The van der Waals surface area contributed by atoms with E-state index >= 15 is 0 Å². The minimum absolute atomic E-state index is 0.0812. The van der Waals surface area contributed by atoms with Crippen LogP contribution in [-0.2, 0) is 14.8 Å². The van der Waals surface area contributed by atoms with Crippen molar-refractivity contribution in [2.75, 3.05) is 51.3 Å². The summed E-state index contributed by atoms with van der Waals surface area (Å²) in [6.07, 6.45) is 1.72. The number of rotatable bonds is 11. The van der Waals surface area contributed by atoms with Crippen LogP contribution in [0, 0.1) is 0 Å². The lowest BCUT2D eigenvalue weighted by atomic mass is 10.2. The zero-order valence-electron chi connectivity index (χ0n) is 21.4. The number of amides is 1. The molecule has 4 rings (SSSR count). The average Bonchev–Trinajstić information content (AvgIpc) is 3.57. The van der Waals surface area contributed by atoms with Crippen LogP contribution < -0.4 is 4.90 Å². The largest absolute Gasteiger partial charge is 0.377 e. The molecule has 8 nitrogen and oxygen atoms in total. The molecule has 2 heterocycles. The van der Waals surface area contributed by atoms with Crippen molar-refractivity contribution in [3.8, 4) is 0 Å². The first-order valence-electron chi connectivity index (χ1n) is 12.5. The maximum absolute atomic E-state index is 13.7. The summed E-state index contributed by atoms with van der Waals surface area (Å²) < 4.78 is 34.0. The predicted octanol–water partition coefficient (Wildman–Crippen LogP) is 4.74. The van der Waals surface area contributed by atoms with Crippen LogP contribution in [0.25, 0.3) is 10.2 Å². The molecule has 1 saturated heterocycles. The van der Waals surface area contributed by atoms with E-state index in [0.29, 0.717) is 47.5 Å². The Morgan fingerprint density at radius 2 is 1.86 bits per heavy atom. The molecule has 0 spiro atoms. The number of hydrogen-bond donors (Lipinski definition) is 0. The van der Waals surface area contributed by atoms with Crippen LogP contribution in [0.4, 0.5) is 5.13 Å². The van der Waals surface area contributed by atoms with Gasteiger partial charge >= 0.3 is 0 Å². The van der Waals surface area contributed by atoms with Crippen LogP contribution in [0.15, 0.2) is 47.4 Å². The molecular formula is C26H33ClN4O4S2. The zero-order valence-corrected chi connectivity index (χ0v) is 23.8. The van der Waals surface area contributed by atoms with Gasteiger partial charge in [-0.25, -0.2) is 13.4 Å². The Morgan fingerprint density at radius 1 is 1.14 bits per heavy atom. The van der Waals surface area contributed by atoms with Crippen molar-refractivity contribution < 1.29 is 17.9 Å². The van der Waals surface area contributed by atoms with Crippen LogP contribution in [0.3, 0.4) is 0 Å². The topological polar surface area (TPSA) is 83.1 Å². The molecule has 1 aliphatic rings. The SMILES string of the molecule is CCN(CC)CCN(C(=O)c1ccc(S(=O)(=O)N(C)C[C@@H]2CCCO2)cc1)c1nc2c(Cl)cccc2s1. The van der Waals surface area contributed by atoms with Gasteiger partial charge in [0.15, 0.2) is 5.13 Å². The van der Waals surface area contributed by atoms with Gasteiger partial charge < -0.3 is 9.64 Å². The van der Waals surface area contributed by atoms with Gasteiger partial charge in [0.05, 0.1) is 20.7 Å². The quantitative estimate of drug-likeness (QED) is 0.334. The second-order valence-electron chi connectivity index (χ2n) is 9.01. The number of ether oxygens (including phenoxy) is 1. The molecule has 1 amide bonds. The van der Waals surface area contributed by atoms with Gasteiger partial charge in [0, 0.05) is 38.9 Å². The first-order chi connectivity index (χ1) is 17.7. The number of nitrogens with zero attached hydrogens (tertiary/aromatic N) is 4. The van der Waals surface area contributed by atoms with E-state index in [4.69, 9.17) is 16.3 Å². The molecule has 0 unspecified atom stereocenters. The van der Waals surface area contributed by atoms with Crippen molar-refractivity contribution in [3.05, 3.63) is 53.1 Å². The highest BCUT2D eigenvalue weighted by molar-refractivity contribution is 7.89. The summed E-state index contributed by atoms with van der Waals surface area (Å²) in [7, 11) is -2.14. The smallest absolute Gasteiger partial charge is 0.260 e. The van der Waals surface area contributed by atoms with Crippen molar-refractivity contribution in [1.29, 1.82) is 0 Å². The van der Waals surface area contributed by atoms with E-state index in [1.165, 1.54) is 27.8 Å². The lowest BCUT2D eigenvalue weighted by Crippen LogP contribution is -2.39. The molecule has 3 aromatic rings. The molecule has 1 aromatic heterocycles. The fourth-order valence-electron chi connectivity index (χ4n) is 4.36. The van der Waals surface area contributed by atoms with E-state index < -0.39 is 10.0 Å². The van der Waals surface area contributed by atoms with E-state index in [1.54, 1.807) is 30.1 Å². The predicted molar refractivity (Wildman–Crippen MR) is 149 cm³/mol. The summed E-state index contributed by atoms with van der Waals surface area (Å²) in [5.41, 5.74) is 1.06. The Hall–Kier alpha value is -2.08. The number of anilines is 1. The fourth-order valence-corrected chi connectivity index (χ4v) is 6.85. The number of fused-ring (bicyclic) bond motifs is 1. The highest BCUT2D eigenvalue weighted by Crippen LogP contribution is 2.33. The number of para-hydroxylation sites is 1. The van der Waals surface area contributed by atoms with Crippen LogP contribution in [0.1, 0.15) is 37.0 Å². The van der Waals surface area contributed by atoms with Crippen molar-refractivity contribution in [3.63, 3.8) is 0 Å². The van der Waals surface area contributed by atoms with Gasteiger partial charge in [-0.05, 0) is 62.3 Å². The van der Waals surface area contributed by atoms with Crippen LogP contribution in [-0.4, -0.2) is 81.0 Å². The first kappa shape index (κ1) is 27.9. The molecule has 0 saturated carbocycles. The molecule has 2 aromatic carbocycles. The molecule has 37 heavy (non-hydrogen) atoms. The molecule has 1 atom stereocenters. The summed E-state index contributed by atoms with van der Waals surface area (Å²) in [5, 5.41) is 1.10. The van der Waals surface area contributed by atoms with Gasteiger partial charge in [0.1, 0.15) is 5.52 Å². The summed E-state index contributed by atoms with van der Waals surface area (Å²) >= 11 is 7.76. The van der Waals surface area contributed by atoms with E-state index in [1.807, 2.05) is 12.1 Å². The molecule has 0 N–H and O–H groups in total. The van der Waals surface area contributed by atoms with Crippen LogP contribution in [0.2, 0.25) is 5.02 Å². The van der Waals surface area contributed by atoms with Gasteiger partial charge in [0.25, 0.3) is 5.91 Å². The molecule has 0 aliphatic carbocycles.